The molecule has 10 heteroatoms. The zero-order valence-corrected chi connectivity index (χ0v) is 11.8. The van der Waals surface area contributed by atoms with E-state index in [2.05, 4.69) is 6.58 Å². The molecule has 0 aromatic heterocycles. The van der Waals surface area contributed by atoms with E-state index in [4.69, 9.17) is 20.7 Å². The molecule has 23 heavy (non-hydrogen) atoms. The van der Waals surface area contributed by atoms with Gasteiger partial charge in [-0.05, 0) is 30.6 Å². The van der Waals surface area contributed by atoms with Crippen LogP contribution in [0.3, 0.4) is 0 Å². The number of fused-ring (bicyclic) bond motifs is 2. The molecule has 130 valence electrons. The first-order valence-electron chi connectivity index (χ1n) is 6.55. The summed E-state index contributed by atoms with van der Waals surface area (Å²) in [5.74, 6) is -6.43. The zero-order valence-electron chi connectivity index (χ0n) is 11.8. The molecule has 0 spiro atoms. The number of halogens is 3. The highest BCUT2D eigenvalue weighted by atomic mass is 19.4. The summed E-state index contributed by atoms with van der Waals surface area (Å²) in [5, 5.41) is 25.4. The summed E-state index contributed by atoms with van der Waals surface area (Å²) in [6.45, 7) is 3.66. The van der Waals surface area contributed by atoms with Gasteiger partial charge in [0.15, 0.2) is 0 Å². The Balaban J connectivity index is 0.000000322. The minimum atomic E-state index is -5.08. The van der Waals surface area contributed by atoms with Gasteiger partial charge in [-0.25, -0.2) is 4.79 Å². The fourth-order valence-electron chi connectivity index (χ4n) is 3.51. The number of aliphatic carboxylic acids is 3. The van der Waals surface area contributed by atoms with Crippen LogP contribution in [0.5, 0.6) is 0 Å². The van der Waals surface area contributed by atoms with Crippen molar-refractivity contribution >= 4 is 17.9 Å². The molecule has 2 aliphatic carbocycles. The van der Waals surface area contributed by atoms with Crippen LogP contribution in [0.4, 0.5) is 13.2 Å². The molecule has 0 amide bonds. The third-order valence-electron chi connectivity index (χ3n) is 4.43. The Morgan fingerprint density at radius 3 is 1.96 bits per heavy atom. The molecule has 1 unspecified atom stereocenters. The Kier molecular flexibility index (Phi) is 5.10. The number of carboxylic acids is 3. The Morgan fingerprint density at radius 1 is 1.17 bits per heavy atom. The lowest BCUT2D eigenvalue weighted by Crippen LogP contribution is -2.61. The van der Waals surface area contributed by atoms with Gasteiger partial charge < -0.3 is 21.1 Å². The Labute approximate surface area is 128 Å². The van der Waals surface area contributed by atoms with Gasteiger partial charge in [-0.2, -0.15) is 13.2 Å². The minimum Gasteiger partial charge on any atom is -0.481 e. The summed E-state index contributed by atoms with van der Waals surface area (Å²) in [6, 6.07) is 0. The van der Waals surface area contributed by atoms with Gasteiger partial charge in [0.05, 0.1) is 5.92 Å². The molecule has 0 aromatic carbocycles. The van der Waals surface area contributed by atoms with Crippen molar-refractivity contribution in [2.45, 2.75) is 24.6 Å². The normalized spacial score (nSPS) is 35.1. The lowest BCUT2D eigenvalue weighted by molar-refractivity contribution is -0.192. The number of carbonyl (C=O) groups is 3. The maximum Gasteiger partial charge on any atom is 0.490 e. The second-order valence-electron chi connectivity index (χ2n) is 5.59. The molecule has 0 heterocycles. The van der Waals surface area contributed by atoms with Crippen molar-refractivity contribution in [3.63, 3.8) is 0 Å². The first-order valence-corrected chi connectivity index (χ1v) is 6.55. The van der Waals surface area contributed by atoms with Gasteiger partial charge in [-0.15, -0.1) is 6.58 Å². The van der Waals surface area contributed by atoms with Gasteiger partial charge in [0.2, 0.25) is 0 Å². The number of rotatable bonds is 3. The molecular formula is C13H16F3NO6. The predicted molar refractivity (Wildman–Crippen MR) is 69.3 cm³/mol. The summed E-state index contributed by atoms with van der Waals surface area (Å²) >= 11 is 0. The van der Waals surface area contributed by atoms with E-state index in [9.17, 15) is 27.9 Å². The van der Waals surface area contributed by atoms with Crippen molar-refractivity contribution in [1.82, 2.24) is 0 Å². The summed E-state index contributed by atoms with van der Waals surface area (Å²) in [5.41, 5.74) is 4.24. The van der Waals surface area contributed by atoms with Crippen molar-refractivity contribution in [1.29, 1.82) is 0 Å². The molecule has 5 N–H and O–H groups in total. The van der Waals surface area contributed by atoms with Crippen LogP contribution in [0.15, 0.2) is 12.7 Å². The number of hydrogen-bond acceptors (Lipinski definition) is 4. The third-order valence-corrected chi connectivity index (χ3v) is 4.43. The molecule has 2 aliphatic rings. The highest BCUT2D eigenvalue weighted by Gasteiger charge is 2.66. The van der Waals surface area contributed by atoms with Gasteiger partial charge in [0, 0.05) is 0 Å². The molecule has 0 radical (unpaired) electrons. The SMILES string of the molecule is C=C[C@@H]1C[C@H]2CC1[C@](N)(C(=O)O)[C@H]2C(=O)O.O=C(O)C(F)(F)F. The molecule has 0 aromatic rings. The monoisotopic (exact) mass is 339 g/mol. The van der Waals surface area contributed by atoms with Crippen molar-refractivity contribution < 1.29 is 42.9 Å². The third kappa shape index (κ3) is 3.31. The van der Waals surface area contributed by atoms with Crippen LogP contribution in [0.25, 0.3) is 0 Å². The topological polar surface area (TPSA) is 138 Å². The minimum absolute atomic E-state index is 0.0294. The smallest absolute Gasteiger partial charge is 0.481 e. The number of allylic oxidation sites excluding steroid dienone is 1. The number of hydrogen-bond donors (Lipinski definition) is 4. The average Bonchev–Trinajstić information content (AvgIpc) is 2.93. The van der Waals surface area contributed by atoms with Crippen LogP contribution in [0.2, 0.25) is 0 Å². The van der Waals surface area contributed by atoms with E-state index in [1.165, 1.54) is 0 Å². The highest BCUT2D eigenvalue weighted by Crippen LogP contribution is 2.56. The van der Waals surface area contributed by atoms with Crippen molar-refractivity contribution in [3.8, 4) is 0 Å². The molecule has 2 fully saturated rings. The number of carboxylic acid groups (broad SMARTS) is 3. The predicted octanol–water partition coefficient (Wildman–Crippen LogP) is 0.945. The molecular weight excluding hydrogens is 323 g/mol. The van der Waals surface area contributed by atoms with E-state index in [0.29, 0.717) is 12.8 Å². The van der Waals surface area contributed by atoms with E-state index in [1.807, 2.05) is 0 Å². The van der Waals surface area contributed by atoms with Crippen molar-refractivity contribution in [3.05, 3.63) is 12.7 Å². The fraction of sp³-hybridized carbons (Fsp3) is 0.615. The van der Waals surface area contributed by atoms with Gasteiger partial charge in [0.1, 0.15) is 5.54 Å². The number of nitrogens with two attached hydrogens (primary N) is 1. The first kappa shape index (κ1) is 18.9. The second-order valence-corrected chi connectivity index (χ2v) is 5.59. The second kappa shape index (κ2) is 6.19. The fourth-order valence-corrected chi connectivity index (χ4v) is 3.51. The van der Waals surface area contributed by atoms with E-state index < -0.39 is 35.5 Å². The summed E-state index contributed by atoms with van der Waals surface area (Å²) in [7, 11) is 0. The van der Waals surface area contributed by atoms with Crippen LogP contribution in [0, 0.1) is 23.7 Å². The van der Waals surface area contributed by atoms with E-state index in [0.717, 1.165) is 0 Å². The molecule has 2 rings (SSSR count). The van der Waals surface area contributed by atoms with E-state index in [1.54, 1.807) is 6.08 Å². The quantitative estimate of drug-likeness (QED) is 0.561. The van der Waals surface area contributed by atoms with Gasteiger partial charge in [-0.3, -0.25) is 9.59 Å². The van der Waals surface area contributed by atoms with Crippen LogP contribution >= 0.6 is 0 Å². The molecule has 2 bridgehead atoms. The van der Waals surface area contributed by atoms with Crippen molar-refractivity contribution in [2.24, 2.45) is 29.4 Å². The lowest BCUT2D eigenvalue weighted by Gasteiger charge is -2.38. The van der Waals surface area contributed by atoms with Crippen LogP contribution in [0.1, 0.15) is 12.8 Å². The average molecular weight is 339 g/mol. The van der Waals surface area contributed by atoms with Gasteiger partial charge in [-0.1, -0.05) is 6.08 Å². The standard InChI is InChI=1S/C11H15NO4.C2HF3O2/c1-2-5-3-6-4-7(5)11(12,10(15)16)8(6)9(13)14;3-2(4,5)1(6)7/h2,5-8H,1,3-4,12H2,(H,13,14)(H,15,16);(H,6,7)/t5-,6+,7?,8-,11-;/m1./s1. The maximum absolute atomic E-state index is 11.3. The Morgan fingerprint density at radius 2 is 1.65 bits per heavy atom. The molecule has 7 nitrogen and oxygen atoms in total. The first-order chi connectivity index (χ1) is 10.4. The van der Waals surface area contributed by atoms with Gasteiger partial charge >= 0.3 is 24.1 Å². The van der Waals surface area contributed by atoms with Crippen LogP contribution in [-0.4, -0.2) is 44.9 Å². The zero-order chi connectivity index (χ0) is 18.2. The van der Waals surface area contributed by atoms with E-state index in [-0.39, 0.29) is 17.8 Å². The van der Waals surface area contributed by atoms with E-state index >= 15 is 0 Å². The summed E-state index contributed by atoms with van der Waals surface area (Å²) < 4.78 is 31.7. The summed E-state index contributed by atoms with van der Waals surface area (Å²) in [6.07, 6.45) is -2.11. The molecule has 0 aliphatic heterocycles. The van der Waals surface area contributed by atoms with Gasteiger partial charge in [0.25, 0.3) is 0 Å². The Hall–Kier alpha value is -2.10. The lowest BCUT2D eigenvalue weighted by atomic mass is 9.69. The molecule has 5 atom stereocenters. The maximum atomic E-state index is 11.3. The van der Waals surface area contributed by atoms with Crippen LogP contribution in [-0.2, 0) is 14.4 Å². The molecule has 0 saturated heterocycles. The summed E-state index contributed by atoms with van der Waals surface area (Å²) in [4.78, 5) is 31.3. The molecule has 2 saturated carbocycles. The van der Waals surface area contributed by atoms with Crippen LogP contribution < -0.4 is 5.73 Å². The Bertz CT molecular complexity index is 534. The van der Waals surface area contributed by atoms with Crippen molar-refractivity contribution in [2.75, 3.05) is 0 Å². The largest absolute Gasteiger partial charge is 0.490 e. The number of alkyl halides is 3. The highest BCUT2D eigenvalue weighted by molar-refractivity contribution is 5.88.